The molecule has 0 saturated heterocycles. The van der Waals surface area contributed by atoms with Gasteiger partial charge in [-0.2, -0.15) is 4.37 Å². The van der Waals surface area contributed by atoms with E-state index >= 15 is 0 Å². The van der Waals surface area contributed by atoms with Crippen LogP contribution in [-0.2, 0) is 20.8 Å². The van der Waals surface area contributed by atoms with Crippen molar-refractivity contribution in [1.82, 2.24) is 24.6 Å². The summed E-state index contributed by atoms with van der Waals surface area (Å²) >= 11 is 7.58. The molecule has 214 valence electrons. The molecule has 3 heterocycles. The normalized spacial score (nSPS) is 14.7. The Balaban J connectivity index is 1.56. The van der Waals surface area contributed by atoms with Crippen molar-refractivity contribution >= 4 is 56.8 Å². The number of hydrogen-bond donors (Lipinski definition) is 3. The first-order valence-corrected chi connectivity index (χ1v) is 14.0. The molecule has 4 aromatic rings. The number of carbonyl (C=O) groups is 3. The van der Waals surface area contributed by atoms with E-state index in [0.29, 0.717) is 18.6 Å². The van der Waals surface area contributed by atoms with E-state index in [-0.39, 0.29) is 46.7 Å². The summed E-state index contributed by atoms with van der Waals surface area (Å²) in [5.41, 5.74) is 0.659. The van der Waals surface area contributed by atoms with Crippen molar-refractivity contribution in [3.8, 4) is 0 Å². The zero-order valence-electron chi connectivity index (χ0n) is 22.1. The number of fused-ring (bicyclic) bond motifs is 2. The lowest BCUT2D eigenvalue weighted by atomic mass is 10.0. The highest BCUT2D eigenvalue weighted by molar-refractivity contribution is 7.13. The van der Waals surface area contributed by atoms with Crippen molar-refractivity contribution < 1.29 is 28.2 Å². The SMILES string of the molecule is CCOC(CNC(=O)c1nc(NC(=O)c2nsc3ccccc23)c2n1CC(=O)NC2c1cc(F)ccc1Cl)OCC. The fourth-order valence-electron chi connectivity index (χ4n) is 4.57. The van der Waals surface area contributed by atoms with Gasteiger partial charge in [-0.15, -0.1) is 0 Å². The molecule has 0 saturated carbocycles. The number of halogens is 2. The Hall–Kier alpha value is -3.91. The first kappa shape index (κ1) is 28.6. The van der Waals surface area contributed by atoms with Crippen molar-refractivity contribution in [2.24, 2.45) is 0 Å². The second kappa shape index (κ2) is 12.3. The van der Waals surface area contributed by atoms with Gasteiger partial charge >= 0.3 is 0 Å². The van der Waals surface area contributed by atoms with Crippen LogP contribution in [0.25, 0.3) is 10.1 Å². The zero-order valence-corrected chi connectivity index (χ0v) is 23.6. The van der Waals surface area contributed by atoms with E-state index in [1.54, 1.807) is 26.0 Å². The number of anilines is 1. The topological polar surface area (TPSA) is 136 Å². The molecule has 0 spiro atoms. The second-order valence-electron chi connectivity index (χ2n) is 8.95. The summed E-state index contributed by atoms with van der Waals surface area (Å²) in [6.07, 6.45) is -0.691. The summed E-state index contributed by atoms with van der Waals surface area (Å²) < 4.78 is 31.8. The van der Waals surface area contributed by atoms with Crippen LogP contribution in [0.2, 0.25) is 5.02 Å². The van der Waals surface area contributed by atoms with Crippen LogP contribution in [0.1, 0.15) is 52.3 Å². The minimum atomic E-state index is -1.02. The molecule has 0 fully saturated rings. The van der Waals surface area contributed by atoms with E-state index in [4.69, 9.17) is 21.1 Å². The van der Waals surface area contributed by atoms with Crippen LogP contribution in [-0.4, -0.2) is 57.7 Å². The van der Waals surface area contributed by atoms with Crippen molar-refractivity contribution in [1.29, 1.82) is 0 Å². The summed E-state index contributed by atoms with van der Waals surface area (Å²) in [4.78, 5) is 44.0. The molecule has 5 rings (SSSR count). The molecule has 1 aliphatic rings. The molecule has 1 aliphatic heterocycles. The lowest BCUT2D eigenvalue weighted by Crippen LogP contribution is -2.42. The number of benzene rings is 2. The zero-order chi connectivity index (χ0) is 29.1. The Bertz CT molecular complexity index is 1620. The predicted molar refractivity (Wildman–Crippen MR) is 151 cm³/mol. The van der Waals surface area contributed by atoms with E-state index < -0.39 is 35.9 Å². The maximum atomic E-state index is 14.3. The van der Waals surface area contributed by atoms with Gasteiger partial charge in [0.05, 0.1) is 23.0 Å². The lowest BCUT2D eigenvalue weighted by molar-refractivity contribution is -0.131. The summed E-state index contributed by atoms with van der Waals surface area (Å²) in [5.74, 6) is -2.38. The van der Waals surface area contributed by atoms with Gasteiger partial charge < -0.3 is 30.0 Å². The average molecular weight is 601 g/mol. The molecule has 1 unspecified atom stereocenters. The number of nitrogens with one attached hydrogen (secondary N) is 3. The van der Waals surface area contributed by atoms with Crippen molar-refractivity contribution in [2.75, 3.05) is 25.1 Å². The van der Waals surface area contributed by atoms with Gasteiger partial charge in [0.25, 0.3) is 11.8 Å². The van der Waals surface area contributed by atoms with E-state index in [1.165, 1.54) is 34.3 Å². The molecule has 2 aromatic carbocycles. The largest absolute Gasteiger partial charge is 0.351 e. The molecular weight excluding hydrogens is 575 g/mol. The summed E-state index contributed by atoms with van der Waals surface area (Å²) in [7, 11) is 0. The van der Waals surface area contributed by atoms with E-state index in [2.05, 4.69) is 25.3 Å². The monoisotopic (exact) mass is 600 g/mol. The second-order valence-corrected chi connectivity index (χ2v) is 10.2. The molecule has 3 amide bonds. The Morgan fingerprint density at radius 2 is 1.95 bits per heavy atom. The molecule has 0 radical (unpaired) electrons. The highest BCUT2D eigenvalue weighted by atomic mass is 35.5. The van der Waals surface area contributed by atoms with E-state index in [0.717, 1.165) is 4.70 Å². The number of hydrogen-bond acceptors (Lipinski definition) is 8. The molecule has 14 heteroatoms. The lowest BCUT2D eigenvalue weighted by Gasteiger charge is -2.28. The summed E-state index contributed by atoms with van der Waals surface area (Å²) in [6.45, 7) is 4.09. The number of nitrogens with zero attached hydrogens (tertiary/aromatic N) is 3. The third-order valence-corrected chi connectivity index (χ3v) is 7.49. The molecule has 0 aliphatic carbocycles. The van der Waals surface area contributed by atoms with Gasteiger partial charge in [0.15, 0.2) is 12.1 Å². The van der Waals surface area contributed by atoms with Gasteiger partial charge in [-0.25, -0.2) is 9.37 Å². The number of imidazole rings is 1. The highest BCUT2D eigenvalue weighted by Crippen LogP contribution is 2.36. The minimum Gasteiger partial charge on any atom is -0.351 e. The van der Waals surface area contributed by atoms with Crippen LogP contribution < -0.4 is 16.0 Å². The van der Waals surface area contributed by atoms with Crippen LogP contribution in [0.3, 0.4) is 0 Å². The van der Waals surface area contributed by atoms with Crippen LogP contribution in [0.15, 0.2) is 42.5 Å². The van der Waals surface area contributed by atoms with Gasteiger partial charge in [0, 0.05) is 29.2 Å². The first-order chi connectivity index (χ1) is 19.8. The number of aromatic nitrogens is 3. The quantitative estimate of drug-likeness (QED) is 0.235. The molecule has 1 atom stereocenters. The summed E-state index contributed by atoms with van der Waals surface area (Å²) in [5, 5.41) is 9.07. The van der Waals surface area contributed by atoms with Gasteiger partial charge in [-0.1, -0.05) is 29.8 Å². The van der Waals surface area contributed by atoms with Crippen LogP contribution in [0.4, 0.5) is 10.2 Å². The maximum absolute atomic E-state index is 14.3. The number of amides is 3. The molecule has 11 nitrogen and oxygen atoms in total. The Morgan fingerprint density at radius 1 is 1.20 bits per heavy atom. The molecular formula is C27H26ClFN6O5S. The van der Waals surface area contributed by atoms with Crippen molar-refractivity contribution in [3.05, 3.63) is 76.1 Å². The predicted octanol–water partition coefficient (Wildman–Crippen LogP) is 3.89. The third-order valence-electron chi connectivity index (χ3n) is 6.32. The molecule has 0 bridgehead atoms. The van der Waals surface area contributed by atoms with Crippen LogP contribution in [0, 0.1) is 5.82 Å². The number of ether oxygens (including phenoxy) is 2. The van der Waals surface area contributed by atoms with E-state index in [9.17, 15) is 18.8 Å². The van der Waals surface area contributed by atoms with Crippen LogP contribution >= 0.6 is 23.1 Å². The third kappa shape index (κ3) is 5.93. The standard InChI is InChI=1S/C27H26ClFN6O5S/c1-3-39-20(40-4-2)12-30-27(38)25-32-24(33-26(37)22-15-7-5-6-8-18(15)41-34-22)23-21(31-19(36)13-35(23)25)16-11-14(29)9-10-17(16)28/h5-11,20-21H,3-4,12-13H2,1-2H3,(H,30,38)(H,31,36)(H,33,37). The van der Waals surface area contributed by atoms with Crippen molar-refractivity contribution in [2.45, 2.75) is 32.7 Å². The van der Waals surface area contributed by atoms with Crippen molar-refractivity contribution in [3.63, 3.8) is 0 Å². The Labute approximate surface area is 243 Å². The van der Waals surface area contributed by atoms with E-state index in [1.807, 2.05) is 12.1 Å². The summed E-state index contributed by atoms with van der Waals surface area (Å²) in [6, 6.07) is 9.98. The Morgan fingerprint density at radius 3 is 2.71 bits per heavy atom. The van der Waals surface area contributed by atoms with Gasteiger partial charge in [0.1, 0.15) is 18.1 Å². The van der Waals surface area contributed by atoms with Gasteiger partial charge in [-0.3, -0.25) is 14.4 Å². The smallest absolute Gasteiger partial charge is 0.287 e. The Kier molecular flexibility index (Phi) is 8.59. The fourth-order valence-corrected chi connectivity index (χ4v) is 5.57. The van der Waals surface area contributed by atoms with Gasteiger partial charge in [-0.05, 0) is 49.6 Å². The van der Waals surface area contributed by atoms with Gasteiger partial charge in [0.2, 0.25) is 11.7 Å². The minimum absolute atomic E-state index is 0.00581. The number of rotatable bonds is 10. The highest BCUT2D eigenvalue weighted by Gasteiger charge is 2.36. The molecule has 2 aromatic heterocycles. The fraction of sp³-hybridized carbons (Fsp3) is 0.296. The first-order valence-electron chi connectivity index (χ1n) is 12.8. The number of carbonyl (C=O) groups excluding carboxylic acids is 3. The van der Waals surface area contributed by atoms with Crippen LogP contribution in [0.5, 0.6) is 0 Å². The molecule has 41 heavy (non-hydrogen) atoms. The maximum Gasteiger partial charge on any atom is 0.287 e. The average Bonchev–Trinajstić information content (AvgIpc) is 3.54. The molecule has 3 N–H and O–H groups in total.